The first-order valence-electron chi connectivity index (χ1n) is 9.13. The number of anilines is 1. The number of hydrogen-bond acceptors (Lipinski definition) is 4. The van der Waals surface area contributed by atoms with Crippen molar-refractivity contribution in [3.63, 3.8) is 0 Å². The Hall–Kier alpha value is -2.94. The summed E-state index contributed by atoms with van der Waals surface area (Å²) < 4.78 is 12.9. The van der Waals surface area contributed by atoms with E-state index in [4.69, 9.17) is 0 Å². The summed E-state index contributed by atoms with van der Waals surface area (Å²) in [7, 11) is 0. The zero-order valence-corrected chi connectivity index (χ0v) is 15.6. The molecular formula is C21H23FN4O. The first-order chi connectivity index (χ1) is 13.0. The van der Waals surface area contributed by atoms with Gasteiger partial charge in [-0.15, -0.1) is 0 Å². The van der Waals surface area contributed by atoms with Crippen LogP contribution >= 0.6 is 0 Å². The third kappa shape index (κ3) is 4.43. The van der Waals surface area contributed by atoms with Crippen LogP contribution in [-0.4, -0.2) is 24.0 Å². The number of amides is 1. The van der Waals surface area contributed by atoms with Crippen molar-refractivity contribution >= 4 is 11.6 Å². The fraction of sp³-hybridized carbons (Fsp3) is 0.381. The normalized spacial score (nSPS) is 14.7. The lowest BCUT2D eigenvalue weighted by Gasteiger charge is -2.33. The summed E-state index contributed by atoms with van der Waals surface area (Å²) in [6.45, 7) is 5.64. The van der Waals surface area contributed by atoms with Crippen molar-refractivity contribution in [3.05, 3.63) is 58.7 Å². The minimum Gasteiger partial charge on any atom is -0.370 e. The Morgan fingerprint density at radius 2 is 1.96 bits per heavy atom. The number of halogens is 1. The number of hydrogen-bond donors (Lipinski definition) is 1. The smallest absolute Gasteiger partial charge is 0.223 e. The number of pyridine rings is 1. The molecule has 27 heavy (non-hydrogen) atoms. The van der Waals surface area contributed by atoms with Gasteiger partial charge in [-0.05, 0) is 50.5 Å². The molecule has 140 valence electrons. The topological polar surface area (TPSA) is 69.0 Å². The van der Waals surface area contributed by atoms with Gasteiger partial charge >= 0.3 is 0 Å². The molecular weight excluding hydrogens is 343 g/mol. The van der Waals surface area contributed by atoms with Crippen LogP contribution in [-0.2, 0) is 11.3 Å². The van der Waals surface area contributed by atoms with Crippen molar-refractivity contribution in [2.75, 3.05) is 18.0 Å². The van der Waals surface area contributed by atoms with Gasteiger partial charge in [0.1, 0.15) is 11.9 Å². The number of aryl methyl sites for hydroxylation is 2. The molecule has 1 aliphatic heterocycles. The molecule has 1 fully saturated rings. The van der Waals surface area contributed by atoms with Crippen LogP contribution in [0, 0.1) is 36.9 Å². The number of benzene rings is 1. The second-order valence-electron chi connectivity index (χ2n) is 6.96. The van der Waals surface area contributed by atoms with Crippen molar-refractivity contribution in [1.29, 1.82) is 5.26 Å². The SMILES string of the molecule is Cc1cc(N2CCC(C(=O)NCc3ccc(F)cc3)CC2)c(C#N)c(C)n1. The Morgan fingerprint density at radius 3 is 2.59 bits per heavy atom. The predicted molar refractivity (Wildman–Crippen MR) is 102 cm³/mol. The van der Waals surface area contributed by atoms with Gasteiger partial charge in [-0.3, -0.25) is 9.78 Å². The Labute approximate surface area is 158 Å². The lowest BCUT2D eigenvalue weighted by Crippen LogP contribution is -2.40. The quantitative estimate of drug-likeness (QED) is 0.902. The predicted octanol–water partition coefficient (Wildman–Crippen LogP) is 3.24. The van der Waals surface area contributed by atoms with Gasteiger partial charge in [0.25, 0.3) is 0 Å². The highest BCUT2D eigenvalue weighted by Gasteiger charge is 2.26. The zero-order valence-electron chi connectivity index (χ0n) is 15.6. The van der Waals surface area contributed by atoms with E-state index in [9.17, 15) is 14.4 Å². The van der Waals surface area contributed by atoms with E-state index >= 15 is 0 Å². The summed E-state index contributed by atoms with van der Waals surface area (Å²) in [5.41, 5.74) is 4.03. The highest BCUT2D eigenvalue weighted by molar-refractivity contribution is 5.79. The molecule has 0 bridgehead atoms. The van der Waals surface area contributed by atoms with Crippen LogP contribution in [0.2, 0.25) is 0 Å². The molecule has 5 nitrogen and oxygen atoms in total. The number of nitriles is 1. The van der Waals surface area contributed by atoms with E-state index in [2.05, 4.69) is 21.3 Å². The lowest BCUT2D eigenvalue weighted by atomic mass is 9.94. The van der Waals surface area contributed by atoms with Crippen molar-refractivity contribution < 1.29 is 9.18 Å². The Balaban J connectivity index is 1.58. The summed E-state index contributed by atoms with van der Waals surface area (Å²) in [6, 6.07) is 10.3. The average molecular weight is 366 g/mol. The van der Waals surface area contributed by atoms with Crippen LogP contribution in [0.3, 0.4) is 0 Å². The number of carbonyl (C=O) groups excluding carboxylic acids is 1. The van der Waals surface area contributed by atoms with E-state index < -0.39 is 0 Å². The minimum absolute atomic E-state index is 0.0292. The zero-order chi connectivity index (χ0) is 19.4. The number of piperidine rings is 1. The van der Waals surface area contributed by atoms with Crippen molar-refractivity contribution in [2.45, 2.75) is 33.2 Å². The average Bonchev–Trinajstić information content (AvgIpc) is 2.67. The lowest BCUT2D eigenvalue weighted by molar-refractivity contribution is -0.125. The van der Waals surface area contributed by atoms with Crippen LogP contribution in [0.4, 0.5) is 10.1 Å². The van der Waals surface area contributed by atoms with E-state index in [0.29, 0.717) is 12.1 Å². The number of nitrogens with zero attached hydrogens (tertiary/aromatic N) is 3. The molecule has 6 heteroatoms. The first kappa shape index (κ1) is 18.8. The fourth-order valence-corrected chi connectivity index (χ4v) is 3.51. The molecule has 3 rings (SSSR count). The van der Waals surface area contributed by atoms with Crippen LogP contribution < -0.4 is 10.2 Å². The van der Waals surface area contributed by atoms with E-state index in [1.54, 1.807) is 12.1 Å². The summed E-state index contributed by atoms with van der Waals surface area (Å²) in [5.74, 6) is -0.298. The molecule has 2 aromatic rings. The molecule has 1 N–H and O–H groups in total. The summed E-state index contributed by atoms with van der Waals surface area (Å²) in [6.07, 6.45) is 1.47. The van der Waals surface area contributed by atoms with Gasteiger partial charge < -0.3 is 10.2 Å². The fourth-order valence-electron chi connectivity index (χ4n) is 3.51. The summed E-state index contributed by atoms with van der Waals surface area (Å²) >= 11 is 0. The van der Waals surface area contributed by atoms with Crippen LogP contribution in [0.25, 0.3) is 0 Å². The molecule has 0 atom stereocenters. The third-order valence-electron chi connectivity index (χ3n) is 5.01. The summed E-state index contributed by atoms with van der Waals surface area (Å²) in [5, 5.41) is 12.4. The Morgan fingerprint density at radius 1 is 1.30 bits per heavy atom. The highest BCUT2D eigenvalue weighted by atomic mass is 19.1. The summed E-state index contributed by atoms with van der Waals surface area (Å²) in [4.78, 5) is 19.0. The van der Waals surface area contributed by atoms with E-state index in [0.717, 1.165) is 48.6 Å². The Bertz CT molecular complexity index is 865. The molecule has 0 spiro atoms. The molecule has 2 heterocycles. The number of carbonyl (C=O) groups is 1. The van der Waals surface area contributed by atoms with Crippen molar-refractivity contribution in [3.8, 4) is 6.07 Å². The minimum atomic E-state index is -0.282. The van der Waals surface area contributed by atoms with Gasteiger partial charge in [-0.25, -0.2) is 4.39 Å². The molecule has 0 radical (unpaired) electrons. The van der Waals surface area contributed by atoms with E-state index in [1.807, 2.05) is 19.9 Å². The van der Waals surface area contributed by atoms with Crippen molar-refractivity contribution in [2.24, 2.45) is 5.92 Å². The first-order valence-corrected chi connectivity index (χ1v) is 9.13. The largest absolute Gasteiger partial charge is 0.370 e. The van der Waals surface area contributed by atoms with Crippen LogP contribution in [0.1, 0.15) is 35.4 Å². The molecule has 0 unspecified atom stereocenters. The second-order valence-corrected chi connectivity index (χ2v) is 6.96. The third-order valence-corrected chi connectivity index (χ3v) is 5.01. The van der Waals surface area contributed by atoms with E-state index in [1.165, 1.54) is 12.1 Å². The number of rotatable bonds is 4. The molecule has 0 saturated carbocycles. The van der Waals surface area contributed by atoms with Gasteiger partial charge in [-0.1, -0.05) is 12.1 Å². The van der Waals surface area contributed by atoms with Crippen LogP contribution in [0.5, 0.6) is 0 Å². The maximum atomic E-state index is 12.9. The number of aromatic nitrogens is 1. The van der Waals surface area contributed by atoms with Gasteiger partial charge in [-0.2, -0.15) is 5.26 Å². The maximum Gasteiger partial charge on any atom is 0.223 e. The van der Waals surface area contributed by atoms with Gasteiger partial charge in [0.2, 0.25) is 5.91 Å². The molecule has 1 aliphatic rings. The highest BCUT2D eigenvalue weighted by Crippen LogP contribution is 2.28. The van der Waals surface area contributed by atoms with Crippen LogP contribution in [0.15, 0.2) is 30.3 Å². The van der Waals surface area contributed by atoms with Gasteiger partial charge in [0.05, 0.1) is 16.9 Å². The van der Waals surface area contributed by atoms with E-state index in [-0.39, 0.29) is 17.6 Å². The molecule has 1 aromatic heterocycles. The molecule has 1 aromatic carbocycles. The maximum absolute atomic E-state index is 12.9. The molecule has 0 aliphatic carbocycles. The monoisotopic (exact) mass is 366 g/mol. The van der Waals surface area contributed by atoms with Gasteiger partial charge in [0.15, 0.2) is 0 Å². The van der Waals surface area contributed by atoms with Gasteiger partial charge in [0, 0.05) is 31.2 Å². The molecule has 1 saturated heterocycles. The standard InChI is InChI=1S/C21H23FN4O/c1-14-11-20(19(12-23)15(2)25-14)26-9-7-17(8-10-26)21(27)24-13-16-3-5-18(22)6-4-16/h3-6,11,17H,7-10,13H2,1-2H3,(H,24,27). The molecule has 1 amide bonds. The Kier molecular flexibility index (Phi) is 5.70. The van der Waals surface area contributed by atoms with Crippen molar-refractivity contribution in [1.82, 2.24) is 10.3 Å². The second kappa shape index (κ2) is 8.17. The number of nitrogens with one attached hydrogen (secondary N) is 1.